The summed E-state index contributed by atoms with van der Waals surface area (Å²) < 4.78 is 5.91. The van der Waals surface area contributed by atoms with Crippen LogP contribution in [0.3, 0.4) is 0 Å². The maximum atomic E-state index is 5.91. The molecule has 1 atom stereocenters. The summed E-state index contributed by atoms with van der Waals surface area (Å²) in [6.07, 6.45) is 3.39. The van der Waals surface area contributed by atoms with Crippen molar-refractivity contribution in [2.45, 2.75) is 52.9 Å². The average Bonchev–Trinajstić information content (AvgIpc) is 2.61. The summed E-state index contributed by atoms with van der Waals surface area (Å²) >= 11 is 0. The number of rotatable bonds is 10. The molecule has 0 aliphatic heterocycles. The fourth-order valence-corrected chi connectivity index (χ4v) is 2.90. The highest BCUT2D eigenvalue weighted by Gasteiger charge is 2.08. The lowest BCUT2D eigenvalue weighted by Gasteiger charge is -2.17. The number of unbranched alkanes of at least 4 members (excludes halogenated alkanes) is 1. The Morgan fingerprint density at radius 3 is 2.36 bits per heavy atom. The Bertz CT molecular complexity index is 618. The third-order valence-electron chi connectivity index (χ3n) is 4.43. The monoisotopic (exact) mass is 339 g/mol. The standard InChI is InChI=1S/C23H33NO/c1-5-6-15-25-23-10-8-7-9-22(23)24-17-19(4)21-13-11-20(12-14-21)16-18(2)3/h7-14,18-19,24H,5-6,15-17H2,1-4H3. The van der Waals surface area contributed by atoms with Gasteiger partial charge in [0.25, 0.3) is 0 Å². The zero-order chi connectivity index (χ0) is 18.1. The van der Waals surface area contributed by atoms with Crippen molar-refractivity contribution in [3.8, 4) is 5.75 Å². The van der Waals surface area contributed by atoms with Crippen LogP contribution in [0.15, 0.2) is 48.5 Å². The van der Waals surface area contributed by atoms with Gasteiger partial charge in [0.2, 0.25) is 0 Å². The zero-order valence-electron chi connectivity index (χ0n) is 16.2. The van der Waals surface area contributed by atoms with Crippen LogP contribution < -0.4 is 10.1 Å². The third kappa shape index (κ3) is 6.45. The fraction of sp³-hybridized carbons (Fsp3) is 0.478. The molecule has 0 saturated carbocycles. The Labute approximate surface area is 153 Å². The highest BCUT2D eigenvalue weighted by molar-refractivity contribution is 5.56. The predicted molar refractivity (Wildman–Crippen MR) is 109 cm³/mol. The second-order valence-corrected chi connectivity index (χ2v) is 7.32. The number of hydrogen-bond acceptors (Lipinski definition) is 2. The van der Waals surface area contributed by atoms with E-state index in [-0.39, 0.29) is 0 Å². The van der Waals surface area contributed by atoms with Gasteiger partial charge < -0.3 is 10.1 Å². The number of anilines is 1. The van der Waals surface area contributed by atoms with E-state index in [9.17, 15) is 0 Å². The van der Waals surface area contributed by atoms with E-state index in [4.69, 9.17) is 4.74 Å². The van der Waals surface area contributed by atoms with Crippen molar-refractivity contribution in [2.75, 3.05) is 18.5 Å². The van der Waals surface area contributed by atoms with Crippen LogP contribution in [-0.2, 0) is 6.42 Å². The molecule has 1 N–H and O–H groups in total. The first kappa shape index (κ1) is 19.4. The smallest absolute Gasteiger partial charge is 0.142 e. The van der Waals surface area contributed by atoms with Crippen molar-refractivity contribution < 1.29 is 4.74 Å². The van der Waals surface area contributed by atoms with E-state index in [1.165, 1.54) is 11.1 Å². The molecule has 136 valence electrons. The minimum absolute atomic E-state index is 0.455. The van der Waals surface area contributed by atoms with Crippen molar-refractivity contribution in [2.24, 2.45) is 5.92 Å². The van der Waals surface area contributed by atoms with Crippen LogP contribution in [0.1, 0.15) is 57.6 Å². The molecular formula is C23H33NO. The number of ether oxygens (including phenoxy) is 1. The van der Waals surface area contributed by atoms with Gasteiger partial charge in [0.05, 0.1) is 12.3 Å². The fourth-order valence-electron chi connectivity index (χ4n) is 2.90. The van der Waals surface area contributed by atoms with Crippen LogP contribution >= 0.6 is 0 Å². The van der Waals surface area contributed by atoms with E-state index < -0.39 is 0 Å². The SMILES string of the molecule is CCCCOc1ccccc1NCC(C)c1ccc(CC(C)C)cc1. The first-order chi connectivity index (χ1) is 12.1. The summed E-state index contributed by atoms with van der Waals surface area (Å²) in [6, 6.07) is 17.3. The van der Waals surface area contributed by atoms with Gasteiger partial charge in [0, 0.05) is 6.54 Å². The molecule has 2 rings (SSSR count). The molecule has 2 nitrogen and oxygen atoms in total. The lowest BCUT2D eigenvalue weighted by molar-refractivity contribution is 0.310. The van der Waals surface area contributed by atoms with Gasteiger partial charge in [-0.15, -0.1) is 0 Å². The van der Waals surface area contributed by atoms with E-state index in [1.807, 2.05) is 12.1 Å². The Balaban J connectivity index is 1.92. The molecule has 0 fully saturated rings. The first-order valence-electron chi connectivity index (χ1n) is 9.64. The molecule has 0 aromatic heterocycles. The van der Waals surface area contributed by atoms with E-state index >= 15 is 0 Å². The first-order valence-corrected chi connectivity index (χ1v) is 9.64. The molecule has 0 spiro atoms. The molecule has 2 heteroatoms. The third-order valence-corrected chi connectivity index (χ3v) is 4.43. The molecule has 25 heavy (non-hydrogen) atoms. The number of hydrogen-bond donors (Lipinski definition) is 1. The summed E-state index contributed by atoms with van der Waals surface area (Å²) in [6.45, 7) is 10.7. The van der Waals surface area contributed by atoms with Crippen LogP contribution in [-0.4, -0.2) is 13.2 Å². The van der Waals surface area contributed by atoms with Crippen LogP contribution in [0.25, 0.3) is 0 Å². The molecule has 0 bridgehead atoms. The van der Waals surface area contributed by atoms with Gasteiger partial charge in [-0.2, -0.15) is 0 Å². The van der Waals surface area contributed by atoms with E-state index in [1.54, 1.807) is 0 Å². The second-order valence-electron chi connectivity index (χ2n) is 7.32. The molecule has 0 aliphatic carbocycles. The molecule has 2 aromatic carbocycles. The minimum atomic E-state index is 0.455. The Kier molecular flexibility index (Phi) is 7.84. The van der Waals surface area contributed by atoms with Gasteiger partial charge in [0.1, 0.15) is 5.75 Å². The molecular weight excluding hydrogens is 306 g/mol. The van der Waals surface area contributed by atoms with Crippen LogP contribution in [0.4, 0.5) is 5.69 Å². The largest absolute Gasteiger partial charge is 0.491 e. The van der Waals surface area contributed by atoms with Crippen molar-refractivity contribution >= 4 is 5.69 Å². The highest BCUT2D eigenvalue weighted by Crippen LogP contribution is 2.25. The molecule has 1 unspecified atom stereocenters. The maximum absolute atomic E-state index is 5.91. The Morgan fingerprint density at radius 2 is 1.68 bits per heavy atom. The lowest BCUT2D eigenvalue weighted by Crippen LogP contribution is -2.11. The molecule has 0 heterocycles. The van der Waals surface area contributed by atoms with Gasteiger partial charge in [-0.25, -0.2) is 0 Å². The van der Waals surface area contributed by atoms with Crippen molar-refractivity contribution in [3.63, 3.8) is 0 Å². The maximum Gasteiger partial charge on any atom is 0.142 e. The Hall–Kier alpha value is -1.96. The van der Waals surface area contributed by atoms with Gasteiger partial charge in [-0.1, -0.05) is 70.5 Å². The van der Waals surface area contributed by atoms with Crippen molar-refractivity contribution in [1.29, 1.82) is 0 Å². The Morgan fingerprint density at radius 1 is 0.960 bits per heavy atom. The average molecular weight is 340 g/mol. The van der Waals surface area contributed by atoms with Crippen molar-refractivity contribution in [3.05, 3.63) is 59.7 Å². The van der Waals surface area contributed by atoms with Crippen LogP contribution in [0.2, 0.25) is 0 Å². The van der Waals surface area contributed by atoms with Crippen LogP contribution in [0.5, 0.6) is 5.75 Å². The van der Waals surface area contributed by atoms with E-state index in [2.05, 4.69) is 69.4 Å². The number of para-hydroxylation sites is 2. The van der Waals surface area contributed by atoms with Gasteiger partial charge in [-0.05, 0) is 47.9 Å². The second kappa shape index (κ2) is 10.1. The topological polar surface area (TPSA) is 21.3 Å². The summed E-state index contributed by atoms with van der Waals surface area (Å²) in [5.74, 6) is 2.11. The molecule has 0 saturated heterocycles. The molecule has 0 radical (unpaired) electrons. The van der Waals surface area contributed by atoms with Gasteiger partial charge in [0.15, 0.2) is 0 Å². The molecule has 0 aliphatic rings. The van der Waals surface area contributed by atoms with Gasteiger partial charge in [-0.3, -0.25) is 0 Å². The predicted octanol–water partition coefficient (Wildman–Crippen LogP) is 6.28. The van der Waals surface area contributed by atoms with E-state index in [0.717, 1.165) is 43.9 Å². The summed E-state index contributed by atoms with van der Waals surface area (Å²) in [5.41, 5.74) is 3.89. The zero-order valence-corrected chi connectivity index (χ0v) is 16.2. The summed E-state index contributed by atoms with van der Waals surface area (Å²) in [4.78, 5) is 0. The minimum Gasteiger partial charge on any atom is -0.491 e. The van der Waals surface area contributed by atoms with Crippen LogP contribution in [0, 0.1) is 5.92 Å². The molecule has 0 amide bonds. The van der Waals surface area contributed by atoms with Crippen molar-refractivity contribution in [1.82, 2.24) is 0 Å². The summed E-state index contributed by atoms with van der Waals surface area (Å²) in [5, 5.41) is 3.56. The highest BCUT2D eigenvalue weighted by atomic mass is 16.5. The quantitative estimate of drug-likeness (QED) is 0.514. The normalized spacial score (nSPS) is 12.2. The lowest BCUT2D eigenvalue weighted by atomic mass is 9.96. The molecule has 2 aromatic rings. The van der Waals surface area contributed by atoms with Gasteiger partial charge >= 0.3 is 0 Å². The van der Waals surface area contributed by atoms with E-state index in [0.29, 0.717) is 11.8 Å². The summed E-state index contributed by atoms with van der Waals surface area (Å²) in [7, 11) is 0. The number of nitrogens with one attached hydrogen (secondary N) is 1. The number of benzene rings is 2.